The number of carbonyl (C=O) groups is 2. The number of rotatable bonds is 4. The van der Waals surface area contributed by atoms with E-state index in [9.17, 15) is 23.5 Å². The normalized spacial score (nSPS) is 17.5. The maximum atomic E-state index is 14.1. The Hall–Kier alpha value is -4.00. The minimum Gasteiger partial charge on any atom is -0.507 e. The molecule has 1 amide bonds. The summed E-state index contributed by atoms with van der Waals surface area (Å²) >= 11 is 0. The van der Waals surface area contributed by atoms with Crippen LogP contribution in [0.5, 0.6) is 5.75 Å². The summed E-state index contributed by atoms with van der Waals surface area (Å²) in [4.78, 5) is 27.5. The SMILES string of the molecule is COc1ccc(C)cc1/C(O)=C1\C(=O)C(=O)N(c2ccc(F)c(F)c2)C1c1ccccc1C. The highest BCUT2D eigenvalue weighted by Crippen LogP contribution is 2.44. The van der Waals surface area contributed by atoms with E-state index in [1.807, 2.05) is 6.92 Å². The minimum absolute atomic E-state index is 0.000453. The minimum atomic E-state index is -1.15. The molecular formula is C26H21F2NO4. The molecule has 3 aromatic carbocycles. The van der Waals surface area contributed by atoms with Crippen molar-refractivity contribution in [2.75, 3.05) is 12.0 Å². The summed E-state index contributed by atoms with van der Waals surface area (Å²) in [6.07, 6.45) is 0. The lowest BCUT2D eigenvalue weighted by Crippen LogP contribution is -2.30. The maximum Gasteiger partial charge on any atom is 0.300 e. The molecule has 1 heterocycles. The van der Waals surface area contributed by atoms with E-state index in [2.05, 4.69) is 0 Å². The molecule has 1 saturated heterocycles. The molecule has 1 fully saturated rings. The van der Waals surface area contributed by atoms with Gasteiger partial charge in [-0.1, -0.05) is 35.9 Å². The smallest absolute Gasteiger partial charge is 0.300 e. The van der Waals surface area contributed by atoms with Gasteiger partial charge in [0, 0.05) is 11.8 Å². The Morgan fingerprint density at radius 2 is 1.70 bits per heavy atom. The van der Waals surface area contributed by atoms with Crippen LogP contribution in [0.4, 0.5) is 14.5 Å². The highest BCUT2D eigenvalue weighted by atomic mass is 19.2. The van der Waals surface area contributed by atoms with Crippen LogP contribution in [0.2, 0.25) is 0 Å². The second-order valence-electron chi connectivity index (χ2n) is 7.83. The van der Waals surface area contributed by atoms with Crippen molar-refractivity contribution in [3.63, 3.8) is 0 Å². The lowest BCUT2D eigenvalue weighted by atomic mass is 9.92. The lowest BCUT2D eigenvalue weighted by molar-refractivity contribution is -0.132. The first-order valence-corrected chi connectivity index (χ1v) is 10.2. The predicted molar refractivity (Wildman–Crippen MR) is 120 cm³/mol. The number of methoxy groups -OCH3 is 1. The molecule has 0 saturated carbocycles. The molecule has 0 aromatic heterocycles. The summed E-state index contributed by atoms with van der Waals surface area (Å²) in [7, 11) is 1.43. The Morgan fingerprint density at radius 1 is 0.970 bits per heavy atom. The molecule has 1 atom stereocenters. The van der Waals surface area contributed by atoms with E-state index < -0.39 is 35.1 Å². The summed E-state index contributed by atoms with van der Waals surface area (Å²) in [5, 5.41) is 11.3. The highest BCUT2D eigenvalue weighted by molar-refractivity contribution is 6.51. The summed E-state index contributed by atoms with van der Waals surface area (Å²) < 4.78 is 33.0. The topological polar surface area (TPSA) is 66.8 Å². The Morgan fingerprint density at radius 3 is 2.36 bits per heavy atom. The van der Waals surface area contributed by atoms with Crippen LogP contribution in [0.15, 0.2) is 66.2 Å². The van der Waals surface area contributed by atoms with Crippen LogP contribution >= 0.6 is 0 Å². The van der Waals surface area contributed by atoms with Crippen molar-refractivity contribution in [2.45, 2.75) is 19.9 Å². The number of ketones is 1. The van der Waals surface area contributed by atoms with Gasteiger partial charge >= 0.3 is 0 Å². The Kier molecular flexibility index (Phi) is 5.72. The Bertz CT molecular complexity index is 1320. The van der Waals surface area contributed by atoms with Crippen LogP contribution < -0.4 is 9.64 Å². The number of ether oxygens (including phenoxy) is 1. The molecule has 0 radical (unpaired) electrons. The molecule has 1 aliphatic rings. The molecule has 1 N–H and O–H groups in total. The zero-order valence-electron chi connectivity index (χ0n) is 18.2. The average Bonchev–Trinajstić information content (AvgIpc) is 3.06. The third kappa shape index (κ3) is 3.75. The third-order valence-electron chi connectivity index (χ3n) is 5.72. The molecule has 4 rings (SSSR count). The zero-order valence-corrected chi connectivity index (χ0v) is 18.2. The van der Waals surface area contributed by atoms with Crippen molar-refractivity contribution in [3.8, 4) is 5.75 Å². The summed E-state index contributed by atoms with van der Waals surface area (Å²) in [5.74, 6) is -4.21. The van der Waals surface area contributed by atoms with Gasteiger partial charge in [-0.25, -0.2) is 8.78 Å². The van der Waals surface area contributed by atoms with Crippen molar-refractivity contribution < 1.29 is 28.2 Å². The van der Waals surface area contributed by atoms with Gasteiger partial charge in [0.1, 0.15) is 11.5 Å². The van der Waals surface area contributed by atoms with Gasteiger partial charge < -0.3 is 9.84 Å². The lowest BCUT2D eigenvalue weighted by Gasteiger charge is -2.26. The standard InChI is InChI=1S/C26H21F2NO4/c1-14-8-11-21(33-3)18(12-14)24(30)22-23(17-7-5-4-6-15(17)2)29(26(32)25(22)31)16-9-10-19(27)20(28)13-16/h4-13,23,30H,1-3H3/b24-22+. The summed E-state index contributed by atoms with van der Waals surface area (Å²) in [6.45, 7) is 3.61. The molecule has 168 valence electrons. The van der Waals surface area contributed by atoms with Crippen LogP contribution in [0.3, 0.4) is 0 Å². The Labute approximate surface area is 189 Å². The number of amides is 1. The van der Waals surface area contributed by atoms with E-state index in [1.165, 1.54) is 13.2 Å². The molecule has 1 unspecified atom stereocenters. The van der Waals surface area contributed by atoms with Crippen molar-refractivity contribution in [2.24, 2.45) is 0 Å². The fraction of sp³-hybridized carbons (Fsp3) is 0.154. The van der Waals surface area contributed by atoms with E-state index in [4.69, 9.17) is 4.74 Å². The highest BCUT2D eigenvalue weighted by Gasteiger charge is 2.47. The molecule has 7 heteroatoms. The van der Waals surface area contributed by atoms with Gasteiger partial charge in [-0.2, -0.15) is 0 Å². The summed E-state index contributed by atoms with van der Waals surface area (Å²) in [5.41, 5.74) is 2.20. The molecule has 0 aliphatic carbocycles. The first-order chi connectivity index (χ1) is 15.7. The van der Waals surface area contributed by atoms with Crippen LogP contribution in [0, 0.1) is 25.5 Å². The molecule has 33 heavy (non-hydrogen) atoms. The monoisotopic (exact) mass is 449 g/mol. The molecule has 3 aromatic rings. The number of aliphatic hydroxyl groups excluding tert-OH is 1. The second kappa shape index (κ2) is 8.50. The largest absolute Gasteiger partial charge is 0.507 e. The number of anilines is 1. The number of aryl methyl sites for hydroxylation is 2. The number of Topliss-reactive ketones (excluding diaryl/α,β-unsaturated/α-hetero) is 1. The van der Waals surface area contributed by atoms with Crippen molar-refractivity contribution >= 4 is 23.1 Å². The zero-order chi connectivity index (χ0) is 23.9. The molecule has 5 nitrogen and oxygen atoms in total. The van der Waals surface area contributed by atoms with Crippen molar-refractivity contribution in [1.82, 2.24) is 0 Å². The molecule has 1 aliphatic heterocycles. The van der Waals surface area contributed by atoms with Crippen LogP contribution in [0.25, 0.3) is 5.76 Å². The average molecular weight is 449 g/mol. The number of hydrogen-bond donors (Lipinski definition) is 1. The van der Waals surface area contributed by atoms with Crippen LogP contribution in [0.1, 0.15) is 28.3 Å². The fourth-order valence-electron chi connectivity index (χ4n) is 4.07. The van der Waals surface area contributed by atoms with Gasteiger partial charge in [0.25, 0.3) is 11.7 Å². The van der Waals surface area contributed by atoms with Gasteiger partial charge in [-0.3, -0.25) is 14.5 Å². The number of carbonyl (C=O) groups excluding carboxylic acids is 2. The number of hydrogen-bond acceptors (Lipinski definition) is 4. The number of aliphatic hydroxyl groups is 1. The van der Waals surface area contributed by atoms with Gasteiger partial charge in [0.2, 0.25) is 0 Å². The van der Waals surface area contributed by atoms with Gasteiger partial charge in [-0.05, 0) is 49.2 Å². The predicted octanol–water partition coefficient (Wildman–Crippen LogP) is 5.22. The van der Waals surface area contributed by atoms with E-state index in [0.717, 1.165) is 28.2 Å². The van der Waals surface area contributed by atoms with Gasteiger partial charge in [0.05, 0.1) is 24.3 Å². The van der Waals surface area contributed by atoms with E-state index in [0.29, 0.717) is 11.3 Å². The van der Waals surface area contributed by atoms with Crippen molar-refractivity contribution in [3.05, 3.63) is 100 Å². The van der Waals surface area contributed by atoms with Crippen LogP contribution in [-0.4, -0.2) is 23.9 Å². The first-order valence-electron chi connectivity index (χ1n) is 10.2. The second-order valence-corrected chi connectivity index (χ2v) is 7.83. The summed E-state index contributed by atoms with van der Waals surface area (Å²) in [6, 6.07) is 14.1. The Balaban J connectivity index is 2.02. The van der Waals surface area contributed by atoms with Gasteiger partial charge in [-0.15, -0.1) is 0 Å². The quantitative estimate of drug-likeness (QED) is 0.337. The molecule has 0 spiro atoms. The van der Waals surface area contributed by atoms with E-state index >= 15 is 0 Å². The molecule has 0 bridgehead atoms. The maximum absolute atomic E-state index is 14.1. The third-order valence-corrected chi connectivity index (χ3v) is 5.72. The van der Waals surface area contributed by atoms with E-state index in [-0.39, 0.29) is 16.8 Å². The molecular weight excluding hydrogens is 428 g/mol. The number of benzene rings is 3. The van der Waals surface area contributed by atoms with Crippen molar-refractivity contribution in [1.29, 1.82) is 0 Å². The van der Waals surface area contributed by atoms with E-state index in [1.54, 1.807) is 49.4 Å². The van der Waals surface area contributed by atoms with Crippen LogP contribution in [-0.2, 0) is 9.59 Å². The fourth-order valence-corrected chi connectivity index (χ4v) is 4.07. The van der Waals surface area contributed by atoms with Gasteiger partial charge in [0.15, 0.2) is 11.6 Å². The first kappa shape index (κ1) is 22.2. The number of halogens is 2. The number of nitrogens with zero attached hydrogens (tertiary/aromatic N) is 1.